The average Bonchev–Trinajstić information content (AvgIpc) is 2.91. The first kappa shape index (κ1) is 17.2. The Morgan fingerprint density at radius 2 is 1.88 bits per heavy atom. The zero-order valence-corrected chi connectivity index (χ0v) is 14.9. The van der Waals surface area contributed by atoms with Crippen LogP contribution in [-0.2, 0) is 11.3 Å². The summed E-state index contributed by atoms with van der Waals surface area (Å²) in [5.74, 6) is 0.788. The van der Waals surface area contributed by atoms with Crippen LogP contribution in [0, 0.1) is 0 Å². The van der Waals surface area contributed by atoms with Crippen molar-refractivity contribution < 1.29 is 9.53 Å². The maximum Gasteiger partial charge on any atom is 0.242 e. The smallest absolute Gasteiger partial charge is 0.242 e. The van der Waals surface area contributed by atoms with Gasteiger partial charge >= 0.3 is 0 Å². The van der Waals surface area contributed by atoms with E-state index in [1.54, 1.807) is 18.2 Å². The van der Waals surface area contributed by atoms with Gasteiger partial charge in [-0.1, -0.05) is 54.2 Å². The quantitative estimate of drug-likeness (QED) is 0.610. The Bertz CT molecular complexity index is 805. The van der Waals surface area contributed by atoms with E-state index in [2.05, 4.69) is 10.2 Å². The molecular weight excluding hydrogens is 334 g/mol. The first-order valence-electron chi connectivity index (χ1n) is 7.95. The van der Waals surface area contributed by atoms with Gasteiger partial charge in [0, 0.05) is 5.56 Å². The maximum absolute atomic E-state index is 12.4. The van der Waals surface area contributed by atoms with Gasteiger partial charge in [0.2, 0.25) is 5.91 Å². The Hall–Kier alpha value is -2.60. The zero-order chi connectivity index (χ0) is 17.6. The Morgan fingerprint density at radius 1 is 1.16 bits per heavy atom. The van der Waals surface area contributed by atoms with Gasteiger partial charge in [0.1, 0.15) is 5.75 Å². The minimum absolute atomic E-state index is 0.0556. The van der Waals surface area contributed by atoms with Crippen LogP contribution in [0.3, 0.4) is 0 Å². The molecule has 1 saturated heterocycles. The van der Waals surface area contributed by atoms with Crippen LogP contribution in [0.2, 0.25) is 0 Å². The van der Waals surface area contributed by atoms with Gasteiger partial charge in [-0.2, -0.15) is 5.10 Å². The third-order valence-corrected chi connectivity index (χ3v) is 4.86. The number of thioether (sulfide) groups is 1. The van der Waals surface area contributed by atoms with Crippen molar-refractivity contribution in [1.82, 2.24) is 4.90 Å². The fraction of sp³-hybridized carbons (Fsp3) is 0.211. The van der Waals surface area contributed by atoms with Gasteiger partial charge < -0.3 is 4.74 Å². The van der Waals surface area contributed by atoms with E-state index in [1.165, 1.54) is 11.8 Å². The normalized spacial score (nSPS) is 19.1. The molecular formula is C19H19N3O2S. The number of nitrogens with zero attached hydrogens (tertiary/aromatic N) is 3. The molecule has 128 valence electrons. The molecule has 0 N–H and O–H groups in total. The molecule has 1 heterocycles. The summed E-state index contributed by atoms with van der Waals surface area (Å²) >= 11 is 1.43. The summed E-state index contributed by atoms with van der Waals surface area (Å²) < 4.78 is 5.29. The van der Waals surface area contributed by atoms with Crippen molar-refractivity contribution in [3.05, 3.63) is 65.7 Å². The van der Waals surface area contributed by atoms with Crippen LogP contribution < -0.4 is 4.74 Å². The summed E-state index contributed by atoms with van der Waals surface area (Å²) in [7, 11) is 1.62. The van der Waals surface area contributed by atoms with Crippen molar-refractivity contribution in [3.63, 3.8) is 0 Å². The minimum atomic E-state index is -0.149. The van der Waals surface area contributed by atoms with E-state index in [0.29, 0.717) is 11.7 Å². The number of amides is 1. The standard InChI is InChI=1S/C19H19N3O2S/c1-14-18(23)22(13-15-8-4-3-5-9-15)19(25-14)21-20-12-16-10-6-7-11-17(16)24-2/h3-12,14H,13H2,1-2H3/b20-12+,21-19+. The highest BCUT2D eigenvalue weighted by Gasteiger charge is 2.35. The van der Waals surface area contributed by atoms with Crippen molar-refractivity contribution >= 4 is 29.1 Å². The van der Waals surface area contributed by atoms with Gasteiger partial charge in [-0.05, 0) is 24.6 Å². The van der Waals surface area contributed by atoms with E-state index in [1.807, 2.05) is 61.5 Å². The minimum Gasteiger partial charge on any atom is -0.496 e. The Labute approximate surface area is 151 Å². The van der Waals surface area contributed by atoms with Crippen molar-refractivity contribution in [2.24, 2.45) is 10.2 Å². The molecule has 3 rings (SSSR count). The largest absolute Gasteiger partial charge is 0.496 e. The molecule has 2 aromatic rings. The predicted molar refractivity (Wildman–Crippen MR) is 102 cm³/mol. The van der Waals surface area contributed by atoms with Crippen molar-refractivity contribution in [2.75, 3.05) is 7.11 Å². The van der Waals surface area contributed by atoms with Crippen LogP contribution in [0.15, 0.2) is 64.8 Å². The number of hydrogen-bond acceptors (Lipinski definition) is 5. The summed E-state index contributed by atoms with van der Waals surface area (Å²) in [5, 5.41) is 8.90. The second kappa shape index (κ2) is 7.98. The molecule has 2 aromatic carbocycles. The fourth-order valence-electron chi connectivity index (χ4n) is 2.49. The van der Waals surface area contributed by atoms with Gasteiger partial charge in [0.15, 0.2) is 5.17 Å². The third-order valence-electron chi connectivity index (χ3n) is 3.79. The van der Waals surface area contributed by atoms with Crippen LogP contribution in [0.5, 0.6) is 5.75 Å². The van der Waals surface area contributed by atoms with Crippen LogP contribution in [0.25, 0.3) is 0 Å². The van der Waals surface area contributed by atoms with E-state index >= 15 is 0 Å². The van der Waals surface area contributed by atoms with Gasteiger partial charge in [0.05, 0.1) is 25.1 Å². The lowest BCUT2D eigenvalue weighted by molar-refractivity contribution is -0.126. The van der Waals surface area contributed by atoms with E-state index in [9.17, 15) is 4.79 Å². The molecule has 1 amide bonds. The highest BCUT2D eigenvalue weighted by atomic mass is 32.2. The number of para-hydroxylation sites is 1. The molecule has 1 unspecified atom stereocenters. The highest BCUT2D eigenvalue weighted by Crippen LogP contribution is 2.28. The molecule has 1 aliphatic rings. The monoisotopic (exact) mass is 353 g/mol. The van der Waals surface area contributed by atoms with Gasteiger partial charge in [0.25, 0.3) is 0 Å². The second-order valence-corrected chi connectivity index (χ2v) is 6.85. The lowest BCUT2D eigenvalue weighted by Crippen LogP contribution is -2.30. The van der Waals surface area contributed by atoms with Gasteiger partial charge in [-0.25, -0.2) is 0 Å². The molecule has 0 radical (unpaired) electrons. The number of carbonyl (C=O) groups excluding carboxylic acids is 1. The SMILES string of the molecule is COc1ccccc1/C=N/N=C1/SC(C)C(=O)N1Cc1ccccc1. The van der Waals surface area contributed by atoms with E-state index in [4.69, 9.17) is 4.74 Å². The van der Waals surface area contributed by atoms with Crippen molar-refractivity contribution in [1.29, 1.82) is 0 Å². The molecule has 0 aromatic heterocycles. The molecule has 1 fully saturated rings. The predicted octanol–water partition coefficient (Wildman–Crippen LogP) is 3.55. The van der Waals surface area contributed by atoms with Crippen molar-refractivity contribution in [2.45, 2.75) is 18.7 Å². The molecule has 0 bridgehead atoms. The summed E-state index contributed by atoms with van der Waals surface area (Å²) in [5.41, 5.74) is 1.90. The zero-order valence-electron chi connectivity index (χ0n) is 14.1. The molecule has 6 heteroatoms. The fourth-order valence-corrected chi connectivity index (χ4v) is 3.41. The van der Waals surface area contributed by atoms with E-state index in [-0.39, 0.29) is 11.2 Å². The second-order valence-electron chi connectivity index (χ2n) is 5.54. The number of hydrogen-bond donors (Lipinski definition) is 0. The molecule has 5 nitrogen and oxygen atoms in total. The lowest BCUT2D eigenvalue weighted by Gasteiger charge is -2.15. The number of carbonyl (C=O) groups is 1. The molecule has 0 aliphatic carbocycles. The van der Waals surface area contributed by atoms with Crippen LogP contribution in [0.4, 0.5) is 0 Å². The Morgan fingerprint density at radius 3 is 2.64 bits per heavy atom. The van der Waals surface area contributed by atoms with Crippen LogP contribution in [0.1, 0.15) is 18.1 Å². The first-order valence-corrected chi connectivity index (χ1v) is 8.83. The van der Waals surface area contributed by atoms with Crippen LogP contribution >= 0.6 is 11.8 Å². The average molecular weight is 353 g/mol. The topological polar surface area (TPSA) is 54.3 Å². The van der Waals surface area contributed by atoms with Gasteiger partial charge in [-0.15, -0.1) is 5.10 Å². The number of benzene rings is 2. The summed E-state index contributed by atoms with van der Waals surface area (Å²) in [6, 6.07) is 17.5. The van der Waals surface area contributed by atoms with Gasteiger partial charge in [-0.3, -0.25) is 9.69 Å². The maximum atomic E-state index is 12.4. The lowest BCUT2D eigenvalue weighted by atomic mass is 10.2. The molecule has 25 heavy (non-hydrogen) atoms. The number of methoxy groups -OCH3 is 1. The molecule has 0 spiro atoms. The summed E-state index contributed by atoms with van der Waals surface area (Å²) in [6.45, 7) is 2.39. The highest BCUT2D eigenvalue weighted by molar-refractivity contribution is 8.15. The number of amidine groups is 1. The van der Waals surface area contributed by atoms with Crippen molar-refractivity contribution in [3.8, 4) is 5.75 Å². The Balaban J connectivity index is 1.80. The first-order chi connectivity index (χ1) is 12.2. The summed E-state index contributed by atoms with van der Waals surface area (Å²) in [6.07, 6.45) is 1.64. The third kappa shape index (κ3) is 4.09. The molecule has 1 atom stereocenters. The molecule has 1 aliphatic heterocycles. The number of rotatable bonds is 5. The summed E-state index contributed by atoms with van der Waals surface area (Å²) in [4.78, 5) is 14.1. The number of ether oxygens (including phenoxy) is 1. The Kier molecular flexibility index (Phi) is 5.50. The van der Waals surface area contributed by atoms with Crippen LogP contribution in [-0.4, -0.2) is 34.5 Å². The molecule has 0 saturated carbocycles. The van der Waals surface area contributed by atoms with E-state index < -0.39 is 0 Å². The van der Waals surface area contributed by atoms with E-state index in [0.717, 1.165) is 16.9 Å².